The highest BCUT2D eigenvalue weighted by molar-refractivity contribution is 6.30. The normalized spacial score (nSPS) is 11.2. The Morgan fingerprint density at radius 1 is 1.60 bits per heavy atom. The van der Waals surface area contributed by atoms with Gasteiger partial charge in [0.05, 0.1) is 0 Å². The fourth-order valence-electron chi connectivity index (χ4n) is 1.13. The van der Waals surface area contributed by atoms with Crippen molar-refractivity contribution in [2.24, 2.45) is 10.8 Å². The highest BCUT2D eigenvalue weighted by Crippen LogP contribution is 2.11. The molecule has 0 spiro atoms. The number of nitrogens with two attached hydrogens (primary N) is 1. The summed E-state index contributed by atoms with van der Waals surface area (Å²) in [4.78, 5) is 10.4. The van der Waals surface area contributed by atoms with Crippen LogP contribution in [0.4, 0.5) is 4.79 Å². The summed E-state index contributed by atoms with van der Waals surface area (Å²) in [6.45, 7) is 1.80. The molecule has 80 valence electrons. The van der Waals surface area contributed by atoms with Gasteiger partial charge in [-0.25, -0.2) is 10.2 Å². The number of hydrazone groups is 1. The molecule has 0 unspecified atom stereocenters. The first-order valence-corrected chi connectivity index (χ1v) is 4.79. The Morgan fingerprint density at radius 3 is 2.93 bits per heavy atom. The van der Waals surface area contributed by atoms with E-state index in [2.05, 4.69) is 10.5 Å². The van der Waals surface area contributed by atoms with Crippen LogP contribution in [0.1, 0.15) is 12.5 Å². The number of hydrogen-bond donors (Lipinski definition) is 2. The van der Waals surface area contributed by atoms with Gasteiger partial charge in [0.25, 0.3) is 0 Å². The molecular weight excluding hydrogens is 214 g/mol. The van der Waals surface area contributed by atoms with Crippen molar-refractivity contribution in [1.29, 1.82) is 0 Å². The van der Waals surface area contributed by atoms with Gasteiger partial charge in [0.15, 0.2) is 0 Å². The summed E-state index contributed by atoms with van der Waals surface area (Å²) in [7, 11) is 0. The van der Waals surface area contributed by atoms with Gasteiger partial charge >= 0.3 is 6.03 Å². The first-order chi connectivity index (χ1) is 7.08. The summed E-state index contributed by atoms with van der Waals surface area (Å²) in [5.41, 5.74) is 8.85. The van der Waals surface area contributed by atoms with Gasteiger partial charge in [-0.1, -0.05) is 23.7 Å². The van der Waals surface area contributed by atoms with Crippen LogP contribution in [0.15, 0.2) is 29.4 Å². The zero-order valence-electron chi connectivity index (χ0n) is 8.33. The van der Waals surface area contributed by atoms with Crippen LogP contribution in [0.3, 0.4) is 0 Å². The van der Waals surface area contributed by atoms with Crippen LogP contribution < -0.4 is 11.2 Å². The number of nitrogens with zero attached hydrogens (tertiary/aromatic N) is 1. The van der Waals surface area contributed by atoms with Crippen LogP contribution in [-0.4, -0.2) is 11.7 Å². The molecule has 1 aromatic carbocycles. The SMILES string of the molecule is CC(Cc1cccc(Cl)c1)=NNC(N)=O. The summed E-state index contributed by atoms with van der Waals surface area (Å²) in [5.74, 6) is 0. The minimum Gasteiger partial charge on any atom is -0.350 e. The number of hydrogen-bond acceptors (Lipinski definition) is 2. The van der Waals surface area contributed by atoms with Crippen molar-refractivity contribution in [3.63, 3.8) is 0 Å². The number of nitrogens with one attached hydrogen (secondary N) is 1. The molecule has 0 bridgehead atoms. The largest absolute Gasteiger partial charge is 0.350 e. The molecule has 4 nitrogen and oxygen atoms in total. The molecule has 0 aliphatic rings. The minimum atomic E-state index is -0.666. The molecule has 3 N–H and O–H groups in total. The fourth-order valence-corrected chi connectivity index (χ4v) is 1.35. The van der Waals surface area contributed by atoms with E-state index in [1.165, 1.54) is 0 Å². The molecular formula is C10H12ClN3O. The summed E-state index contributed by atoms with van der Waals surface area (Å²) in [6, 6.07) is 6.80. The summed E-state index contributed by atoms with van der Waals surface area (Å²) >= 11 is 5.83. The van der Waals surface area contributed by atoms with Crippen molar-refractivity contribution in [2.75, 3.05) is 0 Å². The third-order valence-electron chi connectivity index (χ3n) is 1.71. The Labute approximate surface area is 93.1 Å². The molecule has 1 rings (SSSR count). The van der Waals surface area contributed by atoms with Gasteiger partial charge in [0.1, 0.15) is 0 Å². The van der Waals surface area contributed by atoms with E-state index >= 15 is 0 Å². The second kappa shape index (κ2) is 5.36. The first kappa shape index (κ1) is 11.5. The highest BCUT2D eigenvalue weighted by Gasteiger charge is 1.97. The average Bonchev–Trinajstić information content (AvgIpc) is 2.15. The summed E-state index contributed by atoms with van der Waals surface area (Å²) < 4.78 is 0. The molecule has 0 atom stereocenters. The van der Waals surface area contributed by atoms with Crippen molar-refractivity contribution in [3.05, 3.63) is 34.9 Å². The lowest BCUT2D eigenvalue weighted by molar-refractivity contribution is 0.249. The van der Waals surface area contributed by atoms with E-state index in [1.807, 2.05) is 18.2 Å². The monoisotopic (exact) mass is 225 g/mol. The van der Waals surface area contributed by atoms with Crippen molar-refractivity contribution in [3.8, 4) is 0 Å². The predicted molar refractivity (Wildman–Crippen MR) is 61.0 cm³/mol. The minimum absolute atomic E-state index is 0.626. The van der Waals surface area contributed by atoms with E-state index in [1.54, 1.807) is 13.0 Å². The molecule has 0 aromatic heterocycles. The summed E-state index contributed by atoms with van der Waals surface area (Å²) in [5, 5.41) is 4.48. The van der Waals surface area contributed by atoms with Crippen LogP contribution >= 0.6 is 11.6 Å². The van der Waals surface area contributed by atoms with E-state index < -0.39 is 6.03 Å². The van der Waals surface area contributed by atoms with Crippen molar-refractivity contribution >= 4 is 23.3 Å². The van der Waals surface area contributed by atoms with Gasteiger partial charge in [-0.2, -0.15) is 5.10 Å². The Balaban J connectivity index is 2.61. The van der Waals surface area contributed by atoms with Gasteiger partial charge in [-0.15, -0.1) is 0 Å². The standard InChI is InChI=1S/C10H12ClN3O/c1-7(13-14-10(12)15)5-8-3-2-4-9(11)6-8/h2-4,6H,5H2,1H3,(H3,12,14,15). The topological polar surface area (TPSA) is 67.5 Å². The molecule has 0 aliphatic heterocycles. The lowest BCUT2D eigenvalue weighted by Gasteiger charge is -2.01. The first-order valence-electron chi connectivity index (χ1n) is 4.41. The Morgan fingerprint density at radius 2 is 2.33 bits per heavy atom. The van der Waals surface area contributed by atoms with Crippen molar-refractivity contribution < 1.29 is 4.79 Å². The summed E-state index contributed by atoms with van der Waals surface area (Å²) in [6.07, 6.45) is 0.626. The zero-order chi connectivity index (χ0) is 11.3. The third kappa shape index (κ3) is 4.46. The van der Waals surface area contributed by atoms with E-state index in [4.69, 9.17) is 17.3 Å². The zero-order valence-corrected chi connectivity index (χ0v) is 9.08. The van der Waals surface area contributed by atoms with Crippen molar-refractivity contribution in [1.82, 2.24) is 5.43 Å². The molecule has 1 aromatic rings. The smallest absolute Gasteiger partial charge is 0.332 e. The Hall–Kier alpha value is -1.55. The number of halogens is 1. The molecule has 0 heterocycles. The lowest BCUT2D eigenvalue weighted by Crippen LogP contribution is -2.25. The number of rotatable bonds is 3. The van der Waals surface area contributed by atoms with Crippen LogP contribution in [0.2, 0.25) is 5.02 Å². The molecule has 15 heavy (non-hydrogen) atoms. The third-order valence-corrected chi connectivity index (χ3v) is 1.94. The fraction of sp³-hybridized carbons (Fsp3) is 0.200. The maximum Gasteiger partial charge on any atom is 0.332 e. The number of primary amides is 1. The maximum absolute atomic E-state index is 10.4. The molecule has 5 heteroatoms. The molecule has 2 amide bonds. The van der Waals surface area contributed by atoms with Gasteiger partial charge in [-0.05, 0) is 24.6 Å². The Kier molecular flexibility index (Phi) is 4.12. The van der Waals surface area contributed by atoms with E-state index in [-0.39, 0.29) is 0 Å². The molecule has 0 fully saturated rings. The van der Waals surface area contributed by atoms with Crippen LogP contribution in [0.25, 0.3) is 0 Å². The lowest BCUT2D eigenvalue weighted by atomic mass is 10.1. The number of benzene rings is 1. The molecule has 0 saturated heterocycles. The number of carbonyl (C=O) groups is 1. The van der Waals surface area contributed by atoms with E-state index in [0.29, 0.717) is 11.4 Å². The van der Waals surface area contributed by atoms with Gasteiger partial charge in [0.2, 0.25) is 0 Å². The van der Waals surface area contributed by atoms with Crippen LogP contribution in [0.5, 0.6) is 0 Å². The van der Waals surface area contributed by atoms with E-state index in [9.17, 15) is 4.79 Å². The predicted octanol–water partition coefficient (Wildman–Crippen LogP) is 1.93. The van der Waals surface area contributed by atoms with E-state index in [0.717, 1.165) is 11.3 Å². The van der Waals surface area contributed by atoms with Gasteiger partial charge in [-0.3, -0.25) is 0 Å². The second-order valence-electron chi connectivity index (χ2n) is 3.13. The number of amides is 2. The van der Waals surface area contributed by atoms with Crippen LogP contribution in [0, 0.1) is 0 Å². The molecule has 0 radical (unpaired) electrons. The number of carbonyl (C=O) groups excluding carboxylic acids is 1. The van der Waals surface area contributed by atoms with Gasteiger partial charge in [0, 0.05) is 17.2 Å². The van der Waals surface area contributed by atoms with Crippen molar-refractivity contribution in [2.45, 2.75) is 13.3 Å². The molecule has 0 aliphatic carbocycles. The Bertz CT molecular complexity index is 390. The maximum atomic E-state index is 10.4. The van der Waals surface area contributed by atoms with Crippen LogP contribution in [-0.2, 0) is 6.42 Å². The number of urea groups is 1. The molecule has 0 saturated carbocycles. The van der Waals surface area contributed by atoms with Gasteiger partial charge < -0.3 is 5.73 Å². The average molecular weight is 226 g/mol. The quantitative estimate of drug-likeness (QED) is 0.599. The highest BCUT2D eigenvalue weighted by atomic mass is 35.5. The second-order valence-corrected chi connectivity index (χ2v) is 3.57.